The minimum Gasteiger partial charge on any atom is -0.310 e. The van der Waals surface area contributed by atoms with Crippen molar-refractivity contribution in [1.29, 1.82) is 0 Å². The molecule has 0 saturated heterocycles. The van der Waals surface area contributed by atoms with Crippen molar-refractivity contribution in [3.05, 3.63) is 212 Å². The molecule has 2 heteroatoms. The molecule has 0 aliphatic carbocycles. The average molecular weight is 730 g/mol. The summed E-state index contributed by atoms with van der Waals surface area (Å²) in [5, 5.41) is 10.1. The Morgan fingerprint density at radius 2 is 0.839 bits per heavy atom. The van der Waals surface area contributed by atoms with Crippen LogP contribution in [0, 0.1) is 0 Å². The Morgan fingerprint density at radius 1 is 0.304 bits per heavy atom. The second-order valence-corrected chi connectivity index (χ2v) is 15.6. The minimum atomic E-state index is 1.12. The van der Waals surface area contributed by atoms with Gasteiger partial charge in [0.15, 0.2) is 0 Å². The van der Waals surface area contributed by atoms with Gasteiger partial charge in [0.05, 0.1) is 5.69 Å². The predicted molar refractivity (Wildman–Crippen MR) is 243 cm³/mol. The van der Waals surface area contributed by atoms with Crippen LogP contribution in [-0.4, -0.2) is 0 Å². The van der Waals surface area contributed by atoms with Gasteiger partial charge in [0.25, 0.3) is 0 Å². The van der Waals surface area contributed by atoms with Crippen molar-refractivity contribution in [2.45, 2.75) is 0 Å². The lowest BCUT2D eigenvalue weighted by Crippen LogP contribution is -2.10. The normalized spacial score (nSPS) is 11.6. The monoisotopic (exact) mass is 729 g/mol. The molecule has 0 N–H and O–H groups in total. The molecule has 1 nitrogen and oxygen atoms in total. The highest BCUT2D eigenvalue weighted by molar-refractivity contribution is 7.26. The Kier molecular flexibility index (Phi) is 7.75. The van der Waals surface area contributed by atoms with Crippen molar-refractivity contribution in [3.63, 3.8) is 0 Å². The fourth-order valence-electron chi connectivity index (χ4n) is 8.37. The van der Waals surface area contributed by atoms with E-state index in [1.165, 1.54) is 91.6 Å². The van der Waals surface area contributed by atoms with E-state index in [0.717, 1.165) is 11.4 Å². The Labute approximate surface area is 330 Å². The van der Waals surface area contributed by atoms with E-state index in [1.54, 1.807) is 0 Å². The lowest BCUT2D eigenvalue weighted by molar-refractivity contribution is 1.31. The smallest absolute Gasteiger partial charge is 0.0554 e. The standard InChI is InChI=1S/C54H35NS/c1-3-10-36(11-4-1)38-24-28-47(29-25-38)55(51-16-9-17-52-53(51)50-31-27-40-14-7-8-15-49(40)54(50)56-52)48-30-26-44-32-42(22-23-45(44)35-48)43-21-19-39-18-20-41(33-46(39)34-43)37-12-5-2-6-13-37/h1-35H. The van der Waals surface area contributed by atoms with Gasteiger partial charge >= 0.3 is 0 Å². The van der Waals surface area contributed by atoms with Crippen LogP contribution in [0.5, 0.6) is 0 Å². The highest BCUT2D eigenvalue weighted by Gasteiger charge is 2.20. The summed E-state index contributed by atoms with van der Waals surface area (Å²) in [7, 11) is 0. The SMILES string of the molecule is c1ccc(-c2ccc(N(c3ccc4cc(-c5ccc6ccc(-c7ccccc7)cc6c5)ccc4c3)c3cccc4sc5c6ccccc6ccc5c34)cc2)cc1. The Morgan fingerprint density at radius 3 is 1.59 bits per heavy atom. The van der Waals surface area contributed by atoms with Gasteiger partial charge in [0, 0.05) is 31.5 Å². The number of fused-ring (bicyclic) bond motifs is 7. The molecule has 56 heavy (non-hydrogen) atoms. The average Bonchev–Trinajstić information content (AvgIpc) is 3.67. The molecule has 0 fully saturated rings. The van der Waals surface area contributed by atoms with Crippen molar-refractivity contribution >= 4 is 80.9 Å². The third-order valence-corrected chi connectivity index (χ3v) is 12.4. The van der Waals surface area contributed by atoms with Crippen LogP contribution in [0.2, 0.25) is 0 Å². The molecule has 0 radical (unpaired) electrons. The Bertz CT molecular complexity index is 3230. The molecule has 0 saturated carbocycles. The van der Waals surface area contributed by atoms with Crippen LogP contribution in [0.1, 0.15) is 0 Å². The maximum Gasteiger partial charge on any atom is 0.0554 e. The number of benzene rings is 10. The van der Waals surface area contributed by atoms with E-state index < -0.39 is 0 Å². The van der Waals surface area contributed by atoms with E-state index in [2.05, 4.69) is 217 Å². The number of anilines is 3. The van der Waals surface area contributed by atoms with Gasteiger partial charge in [-0.25, -0.2) is 0 Å². The van der Waals surface area contributed by atoms with E-state index in [9.17, 15) is 0 Å². The van der Waals surface area contributed by atoms with Crippen LogP contribution in [0.15, 0.2) is 212 Å². The zero-order valence-electron chi connectivity index (χ0n) is 30.6. The molecule has 0 aliphatic rings. The van der Waals surface area contributed by atoms with Crippen LogP contribution >= 0.6 is 11.3 Å². The van der Waals surface area contributed by atoms with Crippen molar-refractivity contribution in [3.8, 4) is 33.4 Å². The maximum atomic E-state index is 2.44. The highest BCUT2D eigenvalue weighted by atomic mass is 32.1. The molecule has 0 atom stereocenters. The third kappa shape index (κ3) is 5.62. The number of hydrogen-bond donors (Lipinski definition) is 0. The molecule has 10 aromatic carbocycles. The van der Waals surface area contributed by atoms with E-state index in [0.29, 0.717) is 0 Å². The molecule has 1 aromatic heterocycles. The zero-order chi connectivity index (χ0) is 37.0. The summed E-state index contributed by atoms with van der Waals surface area (Å²) in [5.74, 6) is 0. The lowest BCUT2D eigenvalue weighted by Gasteiger charge is -2.27. The minimum absolute atomic E-state index is 1.12. The van der Waals surface area contributed by atoms with E-state index >= 15 is 0 Å². The van der Waals surface area contributed by atoms with Crippen LogP contribution in [0.25, 0.3) is 85.9 Å². The summed E-state index contributed by atoms with van der Waals surface area (Å²) < 4.78 is 2.62. The highest BCUT2D eigenvalue weighted by Crippen LogP contribution is 2.47. The molecule has 0 unspecified atom stereocenters. The first-order valence-corrected chi connectivity index (χ1v) is 20.0. The number of thiophene rings is 1. The first-order chi connectivity index (χ1) is 27.7. The molecular weight excluding hydrogens is 695 g/mol. The summed E-state index contributed by atoms with van der Waals surface area (Å²) in [5.41, 5.74) is 10.8. The topological polar surface area (TPSA) is 3.24 Å². The number of nitrogens with zero attached hydrogens (tertiary/aromatic N) is 1. The maximum absolute atomic E-state index is 2.44. The second-order valence-electron chi connectivity index (χ2n) is 14.6. The summed E-state index contributed by atoms with van der Waals surface area (Å²) >= 11 is 1.89. The summed E-state index contributed by atoms with van der Waals surface area (Å²) in [6, 6.07) is 77.7. The van der Waals surface area contributed by atoms with Gasteiger partial charge in [0.2, 0.25) is 0 Å². The third-order valence-electron chi connectivity index (χ3n) is 11.2. The second kappa shape index (κ2) is 13.4. The van der Waals surface area contributed by atoms with Crippen LogP contribution in [-0.2, 0) is 0 Å². The lowest BCUT2D eigenvalue weighted by atomic mass is 9.96. The fourth-order valence-corrected chi connectivity index (χ4v) is 9.63. The van der Waals surface area contributed by atoms with Crippen LogP contribution < -0.4 is 4.90 Å². The van der Waals surface area contributed by atoms with Crippen molar-refractivity contribution in [2.24, 2.45) is 0 Å². The van der Waals surface area contributed by atoms with E-state index in [-0.39, 0.29) is 0 Å². The van der Waals surface area contributed by atoms with E-state index in [1.807, 2.05) is 11.3 Å². The molecule has 0 spiro atoms. The first kappa shape index (κ1) is 32.4. The summed E-state index contributed by atoms with van der Waals surface area (Å²) in [4.78, 5) is 2.44. The van der Waals surface area contributed by atoms with Crippen molar-refractivity contribution in [2.75, 3.05) is 4.90 Å². The molecule has 0 aliphatic heterocycles. The summed E-state index contributed by atoms with van der Waals surface area (Å²) in [6.07, 6.45) is 0. The Hall–Kier alpha value is -7.00. The van der Waals surface area contributed by atoms with Gasteiger partial charge in [-0.1, -0.05) is 158 Å². The molecular formula is C54H35NS. The molecule has 0 bridgehead atoms. The molecule has 1 heterocycles. The van der Waals surface area contributed by atoms with Crippen molar-refractivity contribution < 1.29 is 0 Å². The quantitative estimate of drug-likeness (QED) is 0.165. The van der Waals surface area contributed by atoms with Crippen LogP contribution in [0.3, 0.4) is 0 Å². The predicted octanol–water partition coefficient (Wildman–Crippen LogP) is 16.0. The fraction of sp³-hybridized carbons (Fsp3) is 0. The Balaban J connectivity index is 1.03. The van der Waals surface area contributed by atoms with Gasteiger partial charge in [-0.15, -0.1) is 11.3 Å². The molecule has 11 aromatic rings. The zero-order valence-corrected chi connectivity index (χ0v) is 31.4. The molecule has 0 amide bonds. The van der Waals surface area contributed by atoms with Gasteiger partial charge in [-0.2, -0.15) is 0 Å². The largest absolute Gasteiger partial charge is 0.310 e. The van der Waals surface area contributed by atoms with Gasteiger partial charge in [0.1, 0.15) is 0 Å². The van der Waals surface area contributed by atoms with Gasteiger partial charge in [-0.3, -0.25) is 0 Å². The van der Waals surface area contributed by atoms with Gasteiger partial charge in [-0.05, 0) is 120 Å². The van der Waals surface area contributed by atoms with Crippen molar-refractivity contribution in [1.82, 2.24) is 0 Å². The summed E-state index contributed by atoms with van der Waals surface area (Å²) in [6.45, 7) is 0. The molecule has 11 rings (SSSR count). The van der Waals surface area contributed by atoms with E-state index in [4.69, 9.17) is 0 Å². The number of rotatable bonds is 6. The van der Waals surface area contributed by atoms with Crippen LogP contribution in [0.4, 0.5) is 17.1 Å². The van der Waals surface area contributed by atoms with Gasteiger partial charge < -0.3 is 4.90 Å². The molecule has 262 valence electrons. The first-order valence-electron chi connectivity index (χ1n) is 19.2. The number of hydrogen-bond acceptors (Lipinski definition) is 2.